The molecule has 0 amide bonds. The Morgan fingerprint density at radius 1 is 1.26 bits per heavy atom. The Morgan fingerprint density at radius 3 is 2.63 bits per heavy atom. The third kappa shape index (κ3) is 3.25. The predicted molar refractivity (Wildman–Crippen MR) is 74.5 cm³/mol. The van der Waals surface area contributed by atoms with Gasteiger partial charge in [0.15, 0.2) is 0 Å². The lowest BCUT2D eigenvalue weighted by Gasteiger charge is -2.19. The van der Waals surface area contributed by atoms with Crippen LogP contribution in [0.25, 0.3) is 6.08 Å². The summed E-state index contributed by atoms with van der Waals surface area (Å²) < 4.78 is 5.62. The SMILES string of the molecule is CCN(c1ccccc1)c1ccc(/C=C/C(=O)O)o1. The van der Waals surface area contributed by atoms with Gasteiger partial charge in [-0.1, -0.05) is 18.2 Å². The molecule has 2 rings (SSSR count). The maximum atomic E-state index is 10.5. The van der Waals surface area contributed by atoms with Crippen LogP contribution in [-0.2, 0) is 4.79 Å². The third-order valence-electron chi connectivity index (χ3n) is 2.65. The molecule has 0 atom stereocenters. The van der Waals surface area contributed by atoms with E-state index < -0.39 is 5.97 Å². The summed E-state index contributed by atoms with van der Waals surface area (Å²) in [5.41, 5.74) is 1.04. The molecule has 0 unspecified atom stereocenters. The summed E-state index contributed by atoms with van der Waals surface area (Å²) in [5.74, 6) is 0.221. The van der Waals surface area contributed by atoms with E-state index in [1.807, 2.05) is 48.2 Å². The van der Waals surface area contributed by atoms with E-state index in [9.17, 15) is 4.79 Å². The Bertz CT molecular complexity index is 572. The van der Waals surface area contributed by atoms with Crippen LogP contribution in [0.4, 0.5) is 11.6 Å². The number of para-hydroxylation sites is 1. The molecular formula is C15H15NO3. The number of benzene rings is 1. The van der Waals surface area contributed by atoms with Gasteiger partial charge in [0.2, 0.25) is 5.88 Å². The van der Waals surface area contributed by atoms with Gasteiger partial charge in [-0.3, -0.25) is 0 Å². The number of hydrogen-bond acceptors (Lipinski definition) is 3. The van der Waals surface area contributed by atoms with Crippen molar-refractivity contribution in [2.75, 3.05) is 11.4 Å². The molecule has 1 heterocycles. The van der Waals surface area contributed by atoms with Gasteiger partial charge in [0.25, 0.3) is 0 Å². The van der Waals surface area contributed by atoms with Gasteiger partial charge in [-0.25, -0.2) is 4.79 Å². The molecule has 0 fully saturated rings. The molecule has 4 nitrogen and oxygen atoms in total. The van der Waals surface area contributed by atoms with Crippen LogP contribution < -0.4 is 4.90 Å². The van der Waals surface area contributed by atoms with Crippen molar-refractivity contribution in [1.82, 2.24) is 0 Å². The van der Waals surface area contributed by atoms with Gasteiger partial charge in [-0.2, -0.15) is 0 Å². The number of rotatable bonds is 5. The van der Waals surface area contributed by atoms with Crippen LogP contribution in [0.15, 0.2) is 53.0 Å². The van der Waals surface area contributed by atoms with E-state index in [4.69, 9.17) is 9.52 Å². The molecule has 1 aromatic carbocycles. The Kier molecular flexibility index (Phi) is 4.03. The molecule has 1 N–H and O–H groups in total. The number of carboxylic acids is 1. The largest absolute Gasteiger partial charge is 0.478 e. The van der Waals surface area contributed by atoms with Crippen molar-refractivity contribution in [3.05, 3.63) is 54.3 Å². The van der Waals surface area contributed by atoms with E-state index in [1.165, 1.54) is 6.08 Å². The van der Waals surface area contributed by atoms with Crippen LogP contribution in [0.3, 0.4) is 0 Å². The molecule has 0 radical (unpaired) electrons. The quantitative estimate of drug-likeness (QED) is 0.832. The zero-order chi connectivity index (χ0) is 13.7. The van der Waals surface area contributed by atoms with Gasteiger partial charge >= 0.3 is 5.97 Å². The van der Waals surface area contributed by atoms with Crippen molar-refractivity contribution >= 4 is 23.6 Å². The van der Waals surface area contributed by atoms with Crippen molar-refractivity contribution in [3.8, 4) is 0 Å². The van der Waals surface area contributed by atoms with E-state index in [2.05, 4.69) is 0 Å². The molecular weight excluding hydrogens is 242 g/mol. The summed E-state index contributed by atoms with van der Waals surface area (Å²) in [6.07, 6.45) is 2.49. The Hall–Kier alpha value is -2.49. The maximum Gasteiger partial charge on any atom is 0.328 e. The average molecular weight is 257 g/mol. The lowest BCUT2D eigenvalue weighted by Crippen LogP contribution is -2.14. The summed E-state index contributed by atoms with van der Waals surface area (Å²) >= 11 is 0. The standard InChI is InChI=1S/C15H15NO3/c1-2-16(12-6-4-3-5-7-12)14-10-8-13(19-14)9-11-15(17)18/h3-11H,2H2,1H3,(H,17,18)/b11-9+. The van der Waals surface area contributed by atoms with Gasteiger partial charge in [0, 0.05) is 24.4 Å². The molecule has 0 saturated carbocycles. The van der Waals surface area contributed by atoms with Gasteiger partial charge in [-0.15, -0.1) is 0 Å². The summed E-state index contributed by atoms with van der Waals surface area (Å²) in [7, 11) is 0. The van der Waals surface area contributed by atoms with Crippen LogP contribution >= 0.6 is 0 Å². The first-order valence-corrected chi connectivity index (χ1v) is 6.04. The van der Waals surface area contributed by atoms with E-state index >= 15 is 0 Å². The van der Waals surface area contributed by atoms with Crippen molar-refractivity contribution < 1.29 is 14.3 Å². The molecule has 0 spiro atoms. The number of anilines is 2. The molecule has 4 heteroatoms. The molecule has 19 heavy (non-hydrogen) atoms. The van der Waals surface area contributed by atoms with Crippen molar-refractivity contribution in [2.45, 2.75) is 6.92 Å². The second kappa shape index (κ2) is 5.91. The average Bonchev–Trinajstić information content (AvgIpc) is 2.87. The Balaban J connectivity index is 2.23. The minimum Gasteiger partial charge on any atom is -0.478 e. The minimum absolute atomic E-state index is 0.520. The molecule has 98 valence electrons. The second-order valence-electron chi connectivity index (χ2n) is 3.93. The fourth-order valence-electron chi connectivity index (χ4n) is 1.80. The highest BCUT2D eigenvalue weighted by atomic mass is 16.4. The topological polar surface area (TPSA) is 53.7 Å². The molecule has 0 saturated heterocycles. The number of carbonyl (C=O) groups is 1. The molecule has 2 aromatic rings. The van der Waals surface area contributed by atoms with Crippen LogP contribution in [0.2, 0.25) is 0 Å². The smallest absolute Gasteiger partial charge is 0.328 e. The lowest BCUT2D eigenvalue weighted by molar-refractivity contribution is -0.131. The minimum atomic E-state index is -0.992. The highest BCUT2D eigenvalue weighted by Gasteiger charge is 2.10. The number of carboxylic acid groups (broad SMARTS) is 1. The van der Waals surface area contributed by atoms with Gasteiger partial charge in [0.05, 0.1) is 0 Å². The Labute approximate surface area is 111 Å². The third-order valence-corrected chi connectivity index (χ3v) is 2.65. The normalized spacial score (nSPS) is 10.8. The van der Waals surface area contributed by atoms with Crippen molar-refractivity contribution in [3.63, 3.8) is 0 Å². The van der Waals surface area contributed by atoms with Gasteiger partial charge < -0.3 is 14.4 Å². The molecule has 0 aliphatic rings. The van der Waals surface area contributed by atoms with Crippen molar-refractivity contribution in [2.24, 2.45) is 0 Å². The maximum absolute atomic E-state index is 10.5. The number of furan rings is 1. The second-order valence-corrected chi connectivity index (χ2v) is 3.93. The first-order chi connectivity index (χ1) is 9.20. The van der Waals surface area contributed by atoms with Crippen molar-refractivity contribution in [1.29, 1.82) is 0 Å². The lowest BCUT2D eigenvalue weighted by atomic mass is 10.3. The van der Waals surface area contributed by atoms with Gasteiger partial charge in [0.1, 0.15) is 5.76 Å². The molecule has 0 bridgehead atoms. The monoisotopic (exact) mass is 257 g/mol. The first kappa shape index (κ1) is 13.0. The summed E-state index contributed by atoms with van der Waals surface area (Å²) in [4.78, 5) is 12.5. The number of hydrogen-bond donors (Lipinski definition) is 1. The van der Waals surface area contributed by atoms with Crippen LogP contribution in [0.5, 0.6) is 0 Å². The summed E-state index contributed by atoms with van der Waals surface area (Å²) in [6, 6.07) is 13.5. The van der Waals surface area contributed by atoms with E-state index in [1.54, 1.807) is 6.07 Å². The number of nitrogens with zero attached hydrogens (tertiary/aromatic N) is 1. The zero-order valence-corrected chi connectivity index (χ0v) is 10.6. The van der Waals surface area contributed by atoms with Crippen LogP contribution in [-0.4, -0.2) is 17.6 Å². The zero-order valence-electron chi connectivity index (χ0n) is 10.6. The summed E-state index contributed by atoms with van der Waals surface area (Å²) in [6.45, 7) is 2.79. The molecule has 1 aromatic heterocycles. The van der Waals surface area contributed by atoms with Gasteiger partial charge in [-0.05, 0) is 31.2 Å². The van der Waals surface area contributed by atoms with E-state index in [-0.39, 0.29) is 0 Å². The molecule has 0 aliphatic heterocycles. The highest BCUT2D eigenvalue weighted by Crippen LogP contribution is 2.27. The van der Waals surface area contributed by atoms with Crippen LogP contribution in [0.1, 0.15) is 12.7 Å². The number of aliphatic carboxylic acids is 1. The van der Waals surface area contributed by atoms with E-state index in [0.29, 0.717) is 11.6 Å². The fourth-order valence-corrected chi connectivity index (χ4v) is 1.80. The highest BCUT2D eigenvalue weighted by molar-refractivity contribution is 5.84. The Morgan fingerprint density at radius 2 is 2.00 bits per heavy atom. The van der Waals surface area contributed by atoms with Crippen LogP contribution in [0, 0.1) is 0 Å². The molecule has 0 aliphatic carbocycles. The summed E-state index contributed by atoms with van der Waals surface area (Å²) in [5, 5.41) is 8.58. The van der Waals surface area contributed by atoms with E-state index in [0.717, 1.165) is 18.3 Å². The predicted octanol–water partition coefficient (Wildman–Crippen LogP) is 3.54. The first-order valence-electron chi connectivity index (χ1n) is 6.04. The fraction of sp³-hybridized carbons (Fsp3) is 0.133.